The predicted octanol–water partition coefficient (Wildman–Crippen LogP) is 2.87. The number of hydrogen-bond donors (Lipinski definition) is 2. The molecule has 1 fully saturated rings. The second kappa shape index (κ2) is 9.33. The van der Waals surface area contributed by atoms with Gasteiger partial charge in [-0.15, -0.1) is 0 Å². The lowest BCUT2D eigenvalue weighted by molar-refractivity contribution is -0.123. The molecule has 0 unspecified atom stereocenters. The molecular weight excluding hydrogens is 344 g/mol. The Balaban J connectivity index is 1.83. The Morgan fingerprint density at radius 3 is 2.42 bits per heavy atom. The highest BCUT2D eigenvalue weighted by molar-refractivity contribution is 7.80. The van der Waals surface area contributed by atoms with Crippen LogP contribution in [0.3, 0.4) is 0 Å². The molecule has 0 saturated carbocycles. The second-order valence-electron chi connectivity index (χ2n) is 7.90. The maximum Gasteiger partial charge on any atom is 0.234 e. The number of amides is 1. The van der Waals surface area contributed by atoms with Crippen molar-refractivity contribution in [3.8, 4) is 0 Å². The van der Waals surface area contributed by atoms with E-state index in [1.165, 1.54) is 5.56 Å². The molecule has 0 bridgehead atoms. The van der Waals surface area contributed by atoms with Crippen LogP contribution in [-0.4, -0.2) is 59.1 Å². The van der Waals surface area contributed by atoms with Gasteiger partial charge >= 0.3 is 0 Å². The summed E-state index contributed by atoms with van der Waals surface area (Å²) in [7, 11) is 0. The van der Waals surface area contributed by atoms with E-state index in [2.05, 4.69) is 51.6 Å². The van der Waals surface area contributed by atoms with Crippen molar-refractivity contribution in [2.45, 2.75) is 46.1 Å². The van der Waals surface area contributed by atoms with Crippen molar-refractivity contribution in [2.75, 3.05) is 38.0 Å². The fraction of sp³-hybridized carbons (Fsp3) is 0.600. The minimum absolute atomic E-state index is 0.0858. The Kier molecular flexibility index (Phi) is 7.41. The smallest absolute Gasteiger partial charge is 0.234 e. The van der Waals surface area contributed by atoms with Crippen molar-refractivity contribution in [2.24, 2.45) is 0 Å². The standard InChI is InChI=1S/C20H32N4OS/c1-5-16-7-9-17(10-8-16)21-19(26)24-12-6-11-23(13-14-24)15-18(25)22-20(2,3)4/h7-10H,5-6,11-15H2,1-4H3,(H,21,26)(H,22,25). The van der Waals surface area contributed by atoms with Gasteiger partial charge in [0.15, 0.2) is 5.11 Å². The summed E-state index contributed by atoms with van der Waals surface area (Å²) in [4.78, 5) is 16.6. The third-order valence-corrected chi connectivity index (χ3v) is 4.73. The summed E-state index contributed by atoms with van der Waals surface area (Å²) >= 11 is 5.59. The van der Waals surface area contributed by atoms with Gasteiger partial charge in [0.05, 0.1) is 6.54 Å². The first-order chi connectivity index (χ1) is 12.3. The van der Waals surface area contributed by atoms with Gasteiger partial charge in [-0.3, -0.25) is 9.69 Å². The highest BCUT2D eigenvalue weighted by Crippen LogP contribution is 2.12. The number of anilines is 1. The molecule has 0 aliphatic carbocycles. The number of hydrogen-bond acceptors (Lipinski definition) is 3. The Morgan fingerprint density at radius 2 is 1.81 bits per heavy atom. The summed E-state index contributed by atoms with van der Waals surface area (Å²) in [5.41, 5.74) is 2.16. The number of benzene rings is 1. The summed E-state index contributed by atoms with van der Waals surface area (Å²) in [6.07, 6.45) is 2.04. The zero-order valence-corrected chi connectivity index (χ0v) is 17.3. The molecule has 5 nitrogen and oxygen atoms in total. The first-order valence-electron chi connectivity index (χ1n) is 9.45. The summed E-state index contributed by atoms with van der Waals surface area (Å²) in [6.45, 7) is 12.1. The number of carbonyl (C=O) groups is 1. The van der Waals surface area contributed by atoms with E-state index in [4.69, 9.17) is 12.2 Å². The Morgan fingerprint density at radius 1 is 1.12 bits per heavy atom. The molecule has 2 rings (SSSR count). The van der Waals surface area contributed by atoms with Crippen molar-refractivity contribution >= 4 is 28.9 Å². The monoisotopic (exact) mass is 376 g/mol. The molecule has 0 radical (unpaired) electrons. The molecule has 26 heavy (non-hydrogen) atoms. The van der Waals surface area contributed by atoms with Crippen molar-refractivity contribution in [1.29, 1.82) is 0 Å². The van der Waals surface area contributed by atoms with E-state index in [-0.39, 0.29) is 11.4 Å². The topological polar surface area (TPSA) is 47.6 Å². The van der Waals surface area contributed by atoms with Gasteiger partial charge in [0.1, 0.15) is 0 Å². The zero-order chi connectivity index (χ0) is 19.2. The van der Waals surface area contributed by atoms with Crippen LogP contribution < -0.4 is 10.6 Å². The highest BCUT2D eigenvalue weighted by atomic mass is 32.1. The maximum absolute atomic E-state index is 12.1. The molecule has 1 aromatic carbocycles. The Hall–Kier alpha value is -1.66. The van der Waals surface area contributed by atoms with E-state index in [9.17, 15) is 4.79 Å². The zero-order valence-electron chi connectivity index (χ0n) is 16.5. The van der Waals surface area contributed by atoms with E-state index in [0.29, 0.717) is 6.54 Å². The molecule has 0 spiro atoms. The van der Waals surface area contributed by atoms with Crippen LogP contribution in [0.5, 0.6) is 0 Å². The molecule has 1 saturated heterocycles. The molecular formula is C20H32N4OS. The number of rotatable bonds is 4. The van der Waals surface area contributed by atoms with E-state index in [1.807, 2.05) is 20.8 Å². The van der Waals surface area contributed by atoms with Crippen LogP contribution in [-0.2, 0) is 11.2 Å². The first-order valence-corrected chi connectivity index (χ1v) is 9.86. The Labute approximate surface area is 163 Å². The normalized spacial score (nSPS) is 16.1. The van der Waals surface area contributed by atoms with Gasteiger partial charge in [0.2, 0.25) is 5.91 Å². The predicted molar refractivity (Wildman–Crippen MR) is 113 cm³/mol. The van der Waals surface area contributed by atoms with E-state index < -0.39 is 0 Å². The third-order valence-electron chi connectivity index (χ3n) is 4.37. The fourth-order valence-electron chi connectivity index (χ4n) is 3.02. The molecule has 144 valence electrons. The van der Waals surface area contributed by atoms with Crippen LogP contribution >= 0.6 is 12.2 Å². The molecule has 2 N–H and O–H groups in total. The van der Waals surface area contributed by atoms with Crippen molar-refractivity contribution in [1.82, 2.24) is 15.1 Å². The van der Waals surface area contributed by atoms with Gasteiger partial charge in [0.25, 0.3) is 0 Å². The van der Waals surface area contributed by atoms with Crippen LogP contribution in [0.15, 0.2) is 24.3 Å². The molecule has 6 heteroatoms. The van der Waals surface area contributed by atoms with Crippen LogP contribution in [0.25, 0.3) is 0 Å². The van der Waals surface area contributed by atoms with Crippen LogP contribution in [0.1, 0.15) is 39.7 Å². The van der Waals surface area contributed by atoms with E-state index >= 15 is 0 Å². The maximum atomic E-state index is 12.1. The van der Waals surface area contributed by atoms with Gasteiger partial charge < -0.3 is 15.5 Å². The number of nitrogens with one attached hydrogen (secondary N) is 2. The van der Waals surface area contributed by atoms with Crippen LogP contribution in [0, 0.1) is 0 Å². The lowest BCUT2D eigenvalue weighted by Crippen LogP contribution is -2.46. The van der Waals surface area contributed by atoms with Gasteiger partial charge in [-0.2, -0.15) is 0 Å². The second-order valence-corrected chi connectivity index (χ2v) is 8.28. The molecule has 1 heterocycles. The van der Waals surface area contributed by atoms with Gasteiger partial charge in [0, 0.05) is 37.4 Å². The van der Waals surface area contributed by atoms with Crippen LogP contribution in [0.4, 0.5) is 5.69 Å². The number of thiocarbonyl (C=S) groups is 1. The highest BCUT2D eigenvalue weighted by Gasteiger charge is 2.20. The lowest BCUT2D eigenvalue weighted by Gasteiger charge is -2.26. The average molecular weight is 377 g/mol. The summed E-state index contributed by atoms with van der Waals surface area (Å²) < 4.78 is 0. The summed E-state index contributed by atoms with van der Waals surface area (Å²) in [5.74, 6) is 0.0858. The number of aryl methyl sites for hydroxylation is 1. The van der Waals surface area contributed by atoms with Crippen LogP contribution in [0.2, 0.25) is 0 Å². The molecule has 1 amide bonds. The molecule has 0 atom stereocenters. The van der Waals surface area contributed by atoms with E-state index in [1.54, 1.807) is 0 Å². The molecule has 1 aromatic rings. The lowest BCUT2D eigenvalue weighted by atomic mass is 10.1. The number of carbonyl (C=O) groups excluding carboxylic acids is 1. The fourth-order valence-corrected chi connectivity index (χ4v) is 3.32. The molecule has 1 aliphatic heterocycles. The van der Waals surface area contributed by atoms with Crippen molar-refractivity contribution in [3.63, 3.8) is 0 Å². The average Bonchev–Trinajstić information content (AvgIpc) is 2.79. The summed E-state index contributed by atoms with van der Waals surface area (Å²) in [5, 5.41) is 7.13. The number of nitrogens with zero attached hydrogens (tertiary/aromatic N) is 2. The van der Waals surface area contributed by atoms with Gasteiger partial charge in [-0.1, -0.05) is 19.1 Å². The van der Waals surface area contributed by atoms with Crippen molar-refractivity contribution < 1.29 is 4.79 Å². The third kappa shape index (κ3) is 6.92. The molecule has 1 aliphatic rings. The quantitative estimate of drug-likeness (QED) is 0.792. The largest absolute Gasteiger partial charge is 0.350 e. The minimum Gasteiger partial charge on any atom is -0.350 e. The minimum atomic E-state index is -0.187. The Bertz CT molecular complexity index is 609. The van der Waals surface area contributed by atoms with Gasteiger partial charge in [-0.05, 0) is 63.5 Å². The SMILES string of the molecule is CCc1ccc(NC(=S)N2CCCN(CC(=O)NC(C)(C)C)CC2)cc1. The summed E-state index contributed by atoms with van der Waals surface area (Å²) in [6, 6.07) is 8.41. The van der Waals surface area contributed by atoms with Crippen molar-refractivity contribution in [3.05, 3.63) is 29.8 Å². The first kappa shape index (κ1) is 20.6. The van der Waals surface area contributed by atoms with E-state index in [0.717, 1.165) is 49.8 Å². The van der Waals surface area contributed by atoms with Gasteiger partial charge in [-0.25, -0.2) is 0 Å². The molecule has 0 aromatic heterocycles.